The van der Waals surface area contributed by atoms with Gasteiger partial charge in [-0.25, -0.2) is 0 Å². The van der Waals surface area contributed by atoms with E-state index in [9.17, 15) is 14.7 Å². The molecule has 2 fully saturated rings. The molecule has 2 rings (SSSR count). The van der Waals surface area contributed by atoms with E-state index in [1.807, 2.05) is 20.8 Å². The summed E-state index contributed by atoms with van der Waals surface area (Å²) in [6.07, 6.45) is -0.690. The van der Waals surface area contributed by atoms with Gasteiger partial charge in [0.05, 0.1) is 0 Å². The van der Waals surface area contributed by atoms with Crippen LogP contribution in [0.1, 0.15) is 20.8 Å². The number of carbonyl (C=O) groups excluding carboxylic acids is 2. The Labute approximate surface area is 95.0 Å². The molecule has 15 heavy (non-hydrogen) atoms. The van der Waals surface area contributed by atoms with Crippen molar-refractivity contribution < 1.29 is 14.7 Å². The summed E-state index contributed by atoms with van der Waals surface area (Å²) < 4.78 is -0.622. The first-order chi connectivity index (χ1) is 6.91. The minimum atomic E-state index is -0.766. The van der Waals surface area contributed by atoms with Crippen molar-refractivity contribution in [3.8, 4) is 0 Å². The Morgan fingerprint density at radius 2 is 2.07 bits per heavy atom. The monoisotopic (exact) mass is 277 g/mol. The summed E-state index contributed by atoms with van der Waals surface area (Å²) in [5, 5.41) is 12.9. The number of nitrogens with one attached hydrogen (secondary N) is 1. The molecular formula is C10H15NO3Se. The normalized spacial score (nSPS) is 41.1. The van der Waals surface area contributed by atoms with Crippen molar-refractivity contribution in [1.29, 1.82) is 0 Å². The second-order valence-electron chi connectivity index (χ2n) is 4.64. The maximum absolute atomic E-state index is 11.7. The summed E-state index contributed by atoms with van der Waals surface area (Å²) in [5.74, 6) is -0.249. The van der Waals surface area contributed by atoms with Crippen LogP contribution in [0.2, 0.25) is 4.31 Å². The SMILES string of the molecule is CC(C)[C@H](O)[C@@]12[Se]C(=O)C(C)[C@@H]1NC2=O. The minimum absolute atomic E-state index is 0.0125. The molecule has 0 bridgehead atoms. The third kappa shape index (κ3) is 1.23. The van der Waals surface area contributed by atoms with Gasteiger partial charge in [0.2, 0.25) is 0 Å². The van der Waals surface area contributed by atoms with Gasteiger partial charge in [-0.1, -0.05) is 0 Å². The summed E-state index contributed by atoms with van der Waals surface area (Å²) in [6, 6.07) is -0.130. The molecular weight excluding hydrogens is 261 g/mol. The fourth-order valence-electron chi connectivity index (χ4n) is 2.30. The van der Waals surface area contributed by atoms with Gasteiger partial charge in [-0.2, -0.15) is 0 Å². The van der Waals surface area contributed by atoms with Crippen LogP contribution in [-0.2, 0) is 9.59 Å². The molecule has 0 aromatic carbocycles. The molecule has 4 atom stereocenters. The molecule has 0 radical (unpaired) electrons. The van der Waals surface area contributed by atoms with Crippen molar-refractivity contribution >= 4 is 25.5 Å². The van der Waals surface area contributed by atoms with Crippen molar-refractivity contribution in [3.63, 3.8) is 0 Å². The number of hydrogen-bond acceptors (Lipinski definition) is 3. The molecule has 0 aromatic rings. The molecule has 0 spiro atoms. The van der Waals surface area contributed by atoms with Gasteiger partial charge in [-0.15, -0.1) is 0 Å². The molecule has 4 nitrogen and oxygen atoms in total. The number of fused-ring (bicyclic) bond motifs is 1. The van der Waals surface area contributed by atoms with Gasteiger partial charge < -0.3 is 0 Å². The predicted molar refractivity (Wildman–Crippen MR) is 55.4 cm³/mol. The van der Waals surface area contributed by atoms with E-state index >= 15 is 0 Å². The summed E-state index contributed by atoms with van der Waals surface area (Å²) in [7, 11) is 0. The van der Waals surface area contributed by atoms with E-state index in [-0.39, 0.29) is 28.5 Å². The molecule has 84 valence electrons. The van der Waals surface area contributed by atoms with Gasteiger partial charge in [-0.05, 0) is 0 Å². The van der Waals surface area contributed by atoms with Gasteiger partial charge in [0.1, 0.15) is 0 Å². The Kier molecular flexibility index (Phi) is 2.45. The fraction of sp³-hybridized carbons (Fsp3) is 0.800. The molecule has 1 amide bonds. The summed E-state index contributed by atoms with van der Waals surface area (Å²) in [4.78, 5) is 23.3. The Morgan fingerprint density at radius 1 is 1.47 bits per heavy atom. The number of aliphatic hydroxyl groups is 1. The number of hydrogen-bond donors (Lipinski definition) is 2. The number of carbonyl (C=O) groups is 2. The van der Waals surface area contributed by atoms with Gasteiger partial charge in [0.15, 0.2) is 0 Å². The summed E-state index contributed by atoms with van der Waals surface area (Å²) in [6.45, 7) is 5.60. The first-order valence-electron chi connectivity index (χ1n) is 5.13. The van der Waals surface area contributed by atoms with E-state index < -0.39 is 25.4 Å². The first kappa shape index (κ1) is 11.1. The second kappa shape index (κ2) is 3.30. The van der Waals surface area contributed by atoms with E-state index in [0.29, 0.717) is 0 Å². The summed E-state index contributed by atoms with van der Waals surface area (Å²) >= 11 is -0.414. The van der Waals surface area contributed by atoms with Crippen LogP contribution in [0.3, 0.4) is 0 Å². The van der Waals surface area contributed by atoms with Gasteiger partial charge in [-0.3, -0.25) is 0 Å². The Bertz CT molecular complexity index is 331. The molecule has 2 saturated heterocycles. The van der Waals surface area contributed by atoms with Crippen LogP contribution in [0.4, 0.5) is 0 Å². The quantitative estimate of drug-likeness (QED) is 0.530. The van der Waals surface area contributed by atoms with Crippen LogP contribution in [0.5, 0.6) is 0 Å². The number of rotatable bonds is 2. The van der Waals surface area contributed by atoms with Gasteiger partial charge in [0, 0.05) is 0 Å². The maximum atomic E-state index is 11.7. The number of β-lactam (4-membered cyclic amide) rings is 1. The second-order valence-corrected chi connectivity index (χ2v) is 7.33. The van der Waals surface area contributed by atoms with Crippen molar-refractivity contribution in [1.82, 2.24) is 5.32 Å². The molecule has 0 aromatic heterocycles. The third-order valence-corrected chi connectivity index (χ3v) is 6.65. The Hall–Kier alpha value is -0.381. The van der Waals surface area contributed by atoms with Crippen LogP contribution in [0.15, 0.2) is 0 Å². The van der Waals surface area contributed by atoms with Crippen LogP contribution in [0, 0.1) is 11.8 Å². The van der Waals surface area contributed by atoms with Crippen molar-refractivity contribution in [2.45, 2.75) is 37.2 Å². The molecule has 5 heteroatoms. The number of aliphatic hydroxyl groups excluding tert-OH is 1. The van der Waals surface area contributed by atoms with Crippen LogP contribution in [-0.4, -0.2) is 42.8 Å². The van der Waals surface area contributed by atoms with E-state index in [2.05, 4.69) is 5.32 Å². The zero-order valence-electron chi connectivity index (χ0n) is 8.98. The zero-order valence-corrected chi connectivity index (χ0v) is 10.7. The molecule has 0 saturated carbocycles. The first-order valence-corrected chi connectivity index (χ1v) is 6.84. The van der Waals surface area contributed by atoms with Crippen LogP contribution < -0.4 is 5.32 Å². The van der Waals surface area contributed by atoms with E-state index in [0.717, 1.165) is 0 Å². The van der Waals surface area contributed by atoms with E-state index in [4.69, 9.17) is 0 Å². The average molecular weight is 276 g/mol. The third-order valence-electron chi connectivity index (χ3n) is 3.32. The van der Waals surface area contributed by atoms with Crippen LogP contribution in [0.25, 0.3) is 0 Å². The van der Waals surface area contributed by atoms with Gasteiger partial charge in [0.25, 0.3) is 0 Å². The van der Waals surface area contributed by atoms with Crippen molar-refractivity contribution in [3.05, 3.63) is 0 Å². The predicted octanol–water partition coefficient (Wildman–Crippen LogP) is -0.459. The summed E-state index contributed by atoms with van der Waals surface area (Å²) in [5.41, 5.74) is 0. The van der Waals surface area contributed by atoms with E-state index in [1.165, 1.54) is 0 Å². The molecule has 2 N–H and O–H groups in total. The molecule has 2 aliphatic rings. The Balaban J connectivity index is 2.33. The number of amides is 1. The molecule has 2 heterocycles. The average Bonchev–Trinajstić information content (AvgIpc) is 2.37. The van der Waals surface area contributed by atoms with Crippen LogP contribution >= 0.6 is 0 Å². The molecule has 0 aliphatic carbocycles. The Morgan fingerprint density at radius 3 is 2.47 bits per heavy atom. The van der Waals surface area contributed by atoms with E-state index in [1.54, 1.807) is 0 Å². The molecule has 2 aliphatic heterocycles. The standard InChI is InChI=1S/C10H15NO3Se/c1-4(2)7(12)10-6(11-9(10)14)5(3)8(13)15-10/h4-7,12H,1-3H3,(H,11,14)/t5?,6-,7-,10-/m0/s1. The zero-order chi connectivity index (χ0) is 11.4. The molecule has 1 unspecified atom stereocenters. The van der Waals surface area contributed by atoms with Gasteiger partial charge >= 0.3 is 94.6 Å². The van der Waals surface area contributed by atoms with Crippen molar-refractivity contribution in [2.24, 2.45) is 11.8 Å². The fourth-order valence-corrected chi connectivity index (χ4v) is 5.64. The topological polar surface area (TPSA) is 66.4 Å². The van der Waals surface area contributed by atoms with Crippen molar-refractivity contribution in [2.75, 3.05) is 0 Å².